The number of amides is 1. The molecule has 27 heavy (non-hydrogen) atoms. The summed E-state index contributed by atoms with van der Waals surface area (Å²) in [6.07, 6.45) is 6.96. The van der Waals surface area contributed by atoms with E-state index in [2.05, 4.69) is 19.9 Å². The second kappa shape index (κ2) is 7.05. The highest BCUT2D eigenvalue weighted by Crippen LogP contribution is 2.51. The van der Waals surface area contributed by atoms with E-state index in [9.17, 15) is 4.79 Å². The molecule has 1 saturated heterocycles. The molecule has 0 aromatic carbocycles. The molecule has 2 aromatic rings. The van der Waals surface area contributed by atoms with Crippen LogP contribution in [-0.4, -0.2) is 46.0 Å². The Kier molecular flexibility index (Phi) is 4.74. The smallest absolute Gasteiger partial charge is 0.267 e. The van der Waals surface area contributed by atoms with E-state index in [0.717, 1.165) is 49.6 Å². The average Bonchev–Trinajstić information content (AvgIpc) is 3.06. The van der Waals surface area contributed by atoms with E-state index in [1.165, 1.54) is 6.42 Å². The van der Waals surface area contributed by atoms with E-state index in [1.54, 1.807) is 13.3 Å². The molecule has 2 aromatic heterocycles. The fourth-order valence-electron chi connectivity index (χ4n) is 5.14. The molecule has 144 valence electrons. The van der Waals surface area contributed by atoms with Crippen LogP contribution in [0.5, 0.6) is 0 Å². The molecule has 7 heteroatoms. The zero-order valence-electron chi connectivity index (χ0n) is 15.9. The van der Waals surface area contributed by atoms with Crippen molar-refractivity contribution in [2.75, 3.05) is 20.2 Å². The molecule has 1 saturated carbocycles. The second-order valence-electron chi connectivity index (χ2n) is 7.82. The number of primary amides is 1. The maximum Gasteiger partial charge on any atom is 0.267 e. The van der Waals surface area contributed by atoms with Crippen molar-refractivity contribution in [1.29, 1.82) is 0 Å². The lowest BCUT2D eigenvalue weighted by atomic mass is 9.62. The molecule has 2 bridgehead atoms. The molecule has 4 rings (SSSR count). The summed E-state index contributed by atoms with van der Waals surface area (Å²) >= 11 is 0. The predicted molar refractivity (Wildman–Crippen MR) is 101 cm³/mol. The van der Waals surface area contributed by atoms with Gasteiger partial charge >= 0.3 is 0 Å². The molecule has 0 radical (unpaired) electrons. The Hall–Kier alpha value is -2.25. The summed E-state index contributed by atoms with van der Waals surface area (Å²) in [5.74, 6) is 1.22. The Balaban J connectivity index is 1.64. The Labute approximate surface area is 159 Å². The van der Waals surface area contributed by atoms with E-state index in [0.29, 0.717) is 17.5 Å². The molecule has 2 fully saturated rings. The highest BCUT2D eigenvalue weighted by Gasteiger charge is 2.53. The van der Waals surface area contributed by atoms with Gasteiger partial charge in [0, 0.05) is 50.1 Å². The first-order valence-electron chi connectivity index (χ1n) is 9.57. The largest absolute Gasteiger partial charge is 0.373 e. The van der Waals surface area contributed by atoms with Gasteiger partial charge in [-0.15, -0.1) is 0 Å². The number of hydrogen-bond acceptors (Lipinski definition) is 5. The zero-order chi connectivity index (χ0) is 19.0. The van der Waals surface area contributed by atoms with Crippen LogP contribution in [-0.2, 0) is 16.9 Å². The molecule has 1 aliphatic heterocycles. The number of hydrogen-bond donors (Lipinski definition) is 2. The number of likely N-dealkylation sites (tertiary alicyclic amines) is 1. The quantitative estimate of drug-likeness (QED) is 0.840. The van der Waals surface area contributed by atoms with E-state index >= 15 is 0 Å². The SMILES string of the molecule is CO[C@@]1(c2ccnc(C(N)=O)c2)[C@@H]2CCC[C@H]1CN(Cc1ncc(C)[nH]1)C2. The summed E-state index contributed by atoms with van der Waals surface area (Å²) in [5, 5.41) is 0. The molecule has 7 nitrogen and oxygen atoms in total. The van der Waals surface area contributed by atoms with Crippen LogP contribution in [0.3, 0.4) is 0 Å². The Morgan fingerprint density at radius 1 is 1.37 bits per heavy atom. The molecule has 0 unspecified atom stereocenters. The molecule has 2 aliphatic rings. The van der Waals surface area contributed by atoms with Gasteiger partial charge in [-0.1, -0.05) is 6.42 Å². The number of methoxy groups -OCH3 is 1. The molecule has 3 heterocycles. The number of aryl methyl sites for hydroxylation is 1. The van der Waals surface area contributed by atoms with Gasteiger partial charge in [0.1, 0.15) is 17.1 Å². The van der Waals surface area contributed by atoms with Gasteiger partial charge in [-0.05, 0) is 37.5 Å². The topological polar surface area (TPSA) is 97.1 Å². The number of nitrogens with two attached hydrogens (primary N) is 1. The van der Waals surface area contributed by atoms with Crippen LogP contribution >= 0.6 is 0 Å². The summed E-state index contributed by atoms with van der Waals surface area (Å²) in [6, 6.07) is 3.80. The lowest BCUT2D eigenvalue weighted by Crippen LogP contribution is -2.58. The molecular formula is C20H27N5O2. The second-order valence-corrected chi connectivity index (χ2v) is 7.82. The normalized spacial score (nSPS) is 28.2. The minimum Gasteiger partial charge on any atom is -0.373 e. The molecular weight excluding hydrogens is 342 g/mol. The van der Waals surface area contributed by atoms with Gasteiger partial charge < -0.3 is 15.5 Å². The maximum atomic E-state index is 11.6. The predicted octanol–water partition coefficient (Wildman–Crippen LogP) is 1.99. The fourth-order valence-corrected chi connectivity index (χ4v) is 5.14. The van der Waals surface area contributed by atoms with Crippen LogP contribution in [0.25, 0.3) is 0 Å². The zero-order valence-corrected chi connectivity index (χ0v) is 15.9. The Morgan fingerprint density at radius 2 is 2.11 bits per heavy atom. The lowest BCUT2D eigenvalue weighted by molar-refractivity contribution is -0.170. The number of piperidine rings is 1. The highest BCUT2D eigenvalue weighted by molar-refractivity contribution is 5.90. The number of fused-ring (bicyclic) bond motifs is 2. The van der Waals surface area contributed by atoms with Crippen LogP contribution < -0.4 is 5.73 Å². The number of rotatable bonds is 5. The fraction of sp³-hybridized carbons (Fsp3) is 0.550. The summed E-state index contributed by atoms with van der Waals surface area (Å²) < 4.78 is 6.24. The summed E-state index contributed by atoms with van der Waals surface area (Å²) in [5.41, 5.74) is 7.49. The van der Waals surface area contributed by atoms with Crippen molar-refractivity contribution in [3.63, 3.8) is 0 Å². The van der Waals surface area contributed by atoms with E-state index in [1.807, 2.05) is 25.3 Å². The van der Waals surface area contributed by atoms with Crippen molar-refractivity contribution in [1.82, 2.24) is 19.9 Å². The first-order valence-corrected chi connectivity index (χ1v) is 9.57. The summed E-state index contributed by atoms with van der Waals surface area (Å²) in [7, 11) is 1.79. The van der Waals surface area contributed by atoms with E-state index in [-0.39, 0.29) is 5.60 Å². The van der Waals surface area contributed by atoms with Gasteiger partial charge in [0.2, 0.25) is 0 Å². The number of H-pyrrole nitrogens is 1. The molecule has 3 atom stereocenters. The van der Waals surface area contributed by atoms with Gasteiger partial charge in [-0.25, -0.2) is 4.98 Å². The maximum absolute atomic E-state index is 11.6. The van der Waals surface area contributed by atoms with Gasteiger partial charge in [-0.3, -0.25) is 14.7 Å². The van der Waals surface area contributed by atoms with Crippen LogP contribution in [0.4, 0.5) is 0 Å². The average molecular weight is 369 g/mol. The standard InChI is InChI=1S/C20H27N5O2/c1-13-9-23-18(24-13)12-25-10-15-4-3-5-16(11-25)20(15,27-2)14-6-7-22-17(8-14)19(21)26/h6-9,15-16H,3-5,10-12H2,1-2H3,(H2,21,26)(H,23,24)/t15-,16+,20+. The Bertz CT molecular complexity index is 819. The third-order valence-electron chi connectivity index (χ3n) is 6.21. The minimum absolute atomic E-state index is 0.301. The third kappa shape index (κ3) is 3.15. The lowest BCUT2D eigenvalue weighted by Gasteiger charge is -2.55. The van der Waals surface area contributed by atoms with Crippen LogP contribution in [0, 0.1) is 18.8 Å². The number of nitrogens with one attached hydrogen (secondary N) is 1. The number of nitrogens with zero attached hydrogens (tertiary/aromatic N) is 3. The van der Waals surface area contributed by atoms with Crippen LogP contribution in [0.1, 0.15) is 46.8 Å². The van der Waals surface area contributed by atoms with Gasteiger partial charge in [0.05, 0.1) is 6.54 Å². The molecule has 3 N–H and O–H groups in total. The highest BCUT2D eigenvalue weighted by atomic mass is 16.5. The van der Waals surface area contributed by atoms with Crippen molar-refractivity contribution in [2.45, 2.75) is 38.3 Å². The van der Waals surface area contributed by atoms with Crippen LogP contribution in [0.15, 0.2) is 24.5 Å². The van der Waals surface area contributed by atoms with E-state index in [4.69, 9.17) is 10.5 Å². The summed E-state index contributed by atoms with van der Waals surface area (Å²) in [4.78, 5) is 26.0. The molecule has 1 amide bonds. The Morgan fingerprint density at radius 3 is 2.70 bits per heavy atom. The van der Waals surface area contributed by atoms with Gasteiger partial charge in [-0.2, -0.15) is 0 Å². The number of aromatic nitrogens is 3. The third-order valence-corrected chi connectivity index (χ3v) is 6.21. The van der Waals surface area contributed by atoms with Gasteiger partial charge in [0.15, 0.2) is 0 Å². The monoisotopic (exact) mass is 369 g/mol. The number of carbonyl (C=O) groups excluding carboxylic acids is 1. The van der Waals surface area contributed by atoms with Crippen LogP contribution in [0.2, 0.25) is 0 Å². The van der Waals surface area contributed by atoms with Crippen molar-refractivity contribution in [3.05, 3.63) is 47.3 Å². The van der Waals surface area contributed by atoms with Crippen molar-refractivity contribution >= 4 is 5.91 Å². The first kappa shape index (κ1) is 18.1. The van der Waals surface area contributed by atoms with Gasteiger partial charge in [0.25, 0.3) is 5.91 Å². The number of ether oxygens (including phenoxy) is 1. The molecule has 1 aliphatic carbocycles. The van der Waals surface area contributed by atoms with Crippen molar-refractivity contribution in [3.8, 4) is 0 Å². The number of imidazole rings is 1. The molecule has 0 spiro atoms. The summed E-state index contributed by atoms with van der Waals surface area (Å²) in [6.45, 7) is 4.73. The minimum atomic E-state index is -0.501. The number of pyridine rings is 1. The van der Waals surface area contributed by atoms with Crippen molar-refractivity contribution < 1.29 is 9.53 Å². The number of aromatic amines is 1. The van der Waals surface area contributed by atoms with E-state index < -0.39 is 5.91 Å². The first-order chi connectivity index (χ1) is 13.0. The van der Waals surface area contributed by atoms with Crippen molar-refractivity contribution in [2.24, 2.45) is 17.6 Å². The number of carbonyl (C=O) groups is 1.